The molecule has 0 saturated heterocycles. The van der Waals surface area contributed by atoms with Gasteiger partial charge in [0.25, 0.3) is 0 Å². The fourth-order valence-electron chi connectivity index (χ4n) is 2.78. The molecule has 0 aliphatic carbocycles. The van der Waals surface area contributed by atoms with Crippen molar-refractivity contribution in [3.05, 3.63) is 94.5 Å². The van der Waals surface area contributed by atoms with Crippen LogP contribution in [0.2, 0.25) is 10.0 Å². The second-order valence-corrected chi connectivity index (χ2v) is 6.75. The van der Waals surface area contributed by atoms with Gasteiger partial charge in [0.15, 0.2) is 0 Å². The highest BCUT2D eigenvalue weighted by atomic mass is 35.5. The van der Waals surface area contributed by atoms with Crippen molar-refractivity contribution >= 4 is 23.2 Å². The van der Waals surface area contributed by atoms with Gasteiger partial charge in [-0.15, -0.1) is 0 Å². The number of aromatic nitrogens is 2. The monoisotopic (exact) mass is 400 g/mol. The van der Waals surface area contributed by atoms with Crippen molar-refractivity contribution in [3.63, 3.8) is 0 Å². The molecule has 4 rings (SSSR count). The van der Waals surface area contributed by atoms with Crippen molar-refractivity contribution in [1.29, 1.82) is 0 Å². The maximum atomic E-state index is 13.3. The molecule has 0 N–H and O–H groups in total. The molecule has 0 aliphatic heterocycles. The quantitative estimate of drug-likeness (QED) is 0.370. The van der Waals surface area contributed by atoms with Crippen LogP contribution in [0.3, 0.4) is 0 Å². The molecule has 4 aromatic rings. The molecule has 27 heavy (non-hydrogen) atoms. The summed E-state index contributed by atoms with van der Waals surface area (Å²) in [5.41, 5.74) is 3.65. The van der Waals surface area contributed by atoms with E-state index in [2.05, 4.69) is 5.10 Å². The Hall–Kier alpha value is -2.69. The second kappa shape index (κ2) is 7.14. The normalized spacial score (nSPS) is 11.0. The van der Waals surface area contributed by atoms with Gasteiger partial charge in [-0.1, -0.05) is 23.2 Å². The van der Waals surface area contributed by atoms with Crippen molar-refractivity contribution in [1.82, 2.24) is 9.78 Å². The molecule has 0 unspecified atom stereocenters. The summed E-state index contributed by atoms with van der Waals surface area (Å²) < 4.78 is 28.3. The Morgan fingerprint density at radius 2 is 1.26 bits per heavy atom. The highest BCUT2D eigenvalue weighted by Gasteiger charge is 2.14. The molecule has 0 fully saturated rings. The van der Waals surface area contributed by atoms with Gasteiger partial charge in [0.05, 0.1) is 27.1 Å². The largest absolute Gasteiger partial charge is 0.232 e. The summed E-state index contributed by atoms with van der Waals surface area (Å²) in [6, 6.07) is 19.3. The lowest BCUT2D eigenvalue weighted by Gasteiger charge is -2.08. The summed E-state index contributed by atoms with van der Waals surface area (Å²) in [6.45, 7) is 0. The Morgan fingerprint density at radius 1 is 0.667 bits per heavy atom. The smallest absolute Gasteiger partial charge is 0.123 e. The zero-order chi connectivity index (χ0) is 19.0. The summed E-state index contributed by atoms with van der Waals surface area (Å²) >= 11 is 12.2. The highest BCUT2D eigenvalue weighted by molar-refractivity contribution is 6.42. The van der Waals surface area contributed by atoms with E-state index in [9.17, 15) is 8.78 Å². The van der Waals surface area contributed by atoms with Gasteiger partial charge in [-0.2, -0.15) is 5.10 Å². The number of hydrogen-bond donors (Lipinski definition) is 0. The molecule has 0 saturated carbocycles. The predicted molar refractivity (Wildman–Crippen MR) is 104 cm³/mol. The van der Waals surface area contributed by atoms with E-state index in [1.54, 1.807) is 47.1 Å². The number of rotatable bonds is 3. The summed E-state index contributed by atoms with van der Waals surface area (Å²) in [5.74, 6) is -0.639. The average Bonchev–Trinajstić information content (AvgIpc) is 3.10. The molecular weight excluding hydrogens is 389 g/mol. The first-order valence-electron chi connectivity index (χ1n) is 8.08. The van der Waals surface area contributed by atoms with Crippen molar-refractivity contribution in [2.75, 3.05) is 0 Å². The first-order valence-corrected chi connectivity index (χ1v) is 8.84. The zero-order valence-corrected chi connectivity index (χ0v) is 15.3. The number of nitrogens with zero attached hydrogens (tertiary/aromatic N) is 2. The minimum Gasteiger partial charge on any atom is -0.232 e. The molecule has 0 bridgehead atoms. The number of halogens is 4. The van der Waals surface area contributed by atoms with Crippen LogP contribution in [0.25, 0.3) is 28.2 Å². The third-order valence-electron chi connectivity index (χ3n) is 4.14. The minimum atomic E-state index is -0.321. The van der Waals surface area contributed by atoms with Gasteiger partial charge in [-0.05, 0) is 72.8 Å². The predicted octanol–water partition coefficient (Wildman–Crippen LogP) is 6.79. The Kier molecular flexibility index (Phi) is 4.68. The Morgan fingerprint density at radius 3 is 1.85 bits per heavy atom. The standard InChI is InChI=1S/C21H12Cl2F2N2/c22-18-10-9-17(11-19(18)23)27-21(14-3-7-16(25)8-4-14)12-20(26-27)13-1-5-15(24)6-2-13/h1-12H. The highest BCUT2D eigenvalue weighted by Crippen LogP contribution is 2.31. The Bertz CT molecular complexity index is 1100. The van der Waals surface area contributed by atoms with E-state index >= 15 is 0 Å². The third kappa shape index (κ3) is 3.59. The fraction of sp³-hybridized carbons (Fsp3) is 0. The van der Waals surface area contributed by atoms with Crippen LogP contribution >= 0.6 is 23.2 Å². The van der Waals surface area contributed by atoms with Crippen LogP contribution in [-0.4, -0.2) is 9.78 Å². The van der Waals surface area contributed by atoms with Crippen LogP contribution < -0.4 is 0 Å². The molecule has 0 spiro atoms. The van der Waals surface area contributed by atoms with E-state index in [0.717, 1.165) is 16.8 Å². The van der Waals surface area contributed by atoms with Crippen LogP contribution in [0.1, 0.15) is 0 Å². The molecule has 0 radical (unpaired) electrons. The average molecular weight is 401 g/mol. The van der Waals surface area contributed by atoms with Gasteiger partial charge in [0, 0.05) is 11.1 Å². The molecule has 6 heteroatoms. The SMILES string of the molecule is Fc1ccc(-c2cc(-c3ccc(F)cc3)n(-c3ccc(Cl)c(Cl)c3)n2)cc1. The van der Waals surface area contributed by atoms with Gasteiger partial charge in [-0.3, -0.25) is 0 Å². The molecule has 134 valence electrons. The van der Waals surface area contributed by atoms with Crippen LogP contribution in [-0.2, 0) is 0 Å². The summed E-state index contributed by atoms with van der Waals surface area (Å²) in [7, 11) is 0. The lowest BCUT2D eigenvalue weighted by molar-refractivity contribution is 0.627. The summed E-state index contributed by atoms with van der Waals surface area (Å²) in [5, 5.41) is 5.49. The summed E-state index contributed by atoms with van der Waals surface area (Å²) in [4.78, 5) is 0. The molecule has 0 amide bonds. The maximum Gasteiger partial charge on any atom is 0.123 e. The van der Waals surface area contributed by atoms with Crippen LogP contribution in [0.15, 0.2) is 72.8 Å². The van der Waals surface area contributed by atoms with E-state index in [1.807, 2.05) is 6.07 Å². The number of hydrogen-bond acceptors (Lipinski definition) is 1. The lowest BCUT2D eigenvalue weighted by Crippen LogP contribution is -1.99. The molecule has 1 aromatic heterocycles. The number of benzene rings is 3. The maximum absolute atomic E-state index is 13.3. The van der Waals surface area contributed by atoms with Crippen LogP contribution in [0, 0.1) is 11.6 Å². The molecular formula is C21H12Cl2F2N2. The van der Waals surface area contributed by atoms with E-state index < -0.39 is 0 Å². The van der Waals surface area contributed by atoms with Gasteiger partial charge >= 0.3 is 0 Å². The molecule has 2 nitrogen and oxygen atoms in total. The van der Waals surface area contributed by atoms with E-state index in [0.29, 0.717) is 21.4 Å². The van der Waals surface area contributed by atoms with E-state index in [1.165, 1.54) is 24.3 Å². The van der Waals surface area contributed by atoms with Crippen LogP contribution in [0.4, 0.5) is 8.78 Å². The minimum absolute atomic E-state index is 0.318. The first kappa shape index (κ1) is 17.7. The Balaban J connectivity index is 1.90. The van der Waals surface area contributed by atoms with Crippen molar-refractivity contribution in [2.45, 2.75) is 0 Å². The van der Waals surface area contributed by atoms with Gasteiger partial charge in [0.1, 0.15) is 11.6 Å². The molecule has 0 atom stereocenters. The second-order valence-electron chi connectivity index (χ2n) is 5.94. The topological polar surface area (TPSA) is 17.8 Å². The van der Waals surface area contributed by atoms with Crippen molar-refractivity contribution < 1.29 is 8.78 Å². The lowest BCUT2D eigenvalue weighted by atomic mass is 10.1. The van der Waals surface area contributed by atoms with Crippen LogP contribution in [0.5, 0.6) is 0 Å². The first-order chi connectivity index (χ1) is 13.0. The van der Waals surface area contributed by atoms with Gasteiger partial charge in [0.2, 0.25) is 0 Å². The van der Waals surface area contributed by atoms with E-state index in [4.69, 9.17) is 23.2 Å². The molecule has 1 heterocycles. The molecule has 0 aliphatic rings. The third-order valence-corrected chi connectivity index (χ3v) is 4.88. The van der Waals surface area contributed by atoms with Gasteiger partial charge in [-0.25, -0.2) is 13.5 Å². The van der Waals surface area contributed by atoms with Crippen molar-refractivity contribution in [3.8, 4) is 28.2 Å². The molecule has 3 aromatic carbocycles. The Labute approximate surface area is 164 Å². The zero-order valence-electron chi connectivity index (χ0n) is 13.8. The van der Waals surface area contributed by atoms with Gasteiger partial charge < -0.3 is 0 Å². The van der Waals surface area contributed by atoms with E-state index in [-0.39, 0.29) is 11.6 Å². The fourth-order valence-corrected chi connectivity index (χ4v) is 3.08. The van der Waals surface area contributed by atoms with Crippen molar-refractivity contribution in [2.24, 2.45) is 0 Å². The summed E-state index contributed by atoms with van der Waals surface area (Å²) in [6.07, 6.45) is 0.